The molecule has 2 aromatic rings. The third-order valence-electron chi connectivity index (χ3n) is 2.62. The summed E-state index contributed by atoms with van der Waals surface area (Å²) in [6.07, 6.45) is 4.72. The van der Waals surface area contributed by atoms with Gasteiger partial charge in [-0.15, -0.1) is 0 Å². The molecule has 0 aliphatic rings. The van der Waals surface area contributed by atoms with Crippen LogP contribution < -0.4 is 5.32 Å². The first-order valence-electron chi connectivity index (χ1n) is 5.74. The Labute approximate surface area is 111 Å². The van der Waals surface area contributed by atoms with Crippen molar-refractivity contribution in [1.29, 1.82) is 0 Å². The van der Waals surface area contributed by atoms with E-state index in [9.17, 15) is 5.11 Å². The van der Waals surface area contributed by atoms with Crippen molar-refractivity contribution in [3.63, 3.8) is 0 Å². The van der Waals surface area contributed by atoms with Crippen LogP contribution in [-0.2, 0) is 0 Å². The van der Waals surface area contributed by atoms with E-state index >= 15 is 0 Å². The maximum Gasteiger partial charge on any atom is 0.132 e. The number of aliphatic hydroxyl groups is 1. The van der Waals surface area contributed by atoms with E-state index in [1.165, 1.54) is 0 Å². The Morgan fingerprint density at radius 1 is 1.50 bits per heavy atom. The summed E-state index contributed by atoms with van der Waals surface area (Å²) >= 11 is 6.00. The minimum atomic E-state index is -0.622. The fourth-order valence-corrected chi connectivity index (χ4v) is 1.92. The summed E-state index contributed by atoms with van der Waals surface area (Å²) in [4.78, 5) is 3.92. The quantitative estimate of drug-likeness (QED) is 0.872. The zero-order chi connectivity index (χ0) is 13.0. The molecular weight excluding hydrogens is 252 g/mol. The molecule has 96 valence electrons. The van der Waals surface area contributed by atoms with Gasteiger partial charge in [0.05, 0.1) is 17.0 Å². The molecule has 2 atom stereocenters. The SMILES string of the molecule is C[C@@H](C[C@H](O)c1ccco1)Nc1ccncc1Cl. The van der Waals surface area contributed by atoms with Crippen molar-refractivity contribution in [2.75, 3.05) is 5.32 Å². The van der Waals surface area contributed by atoms with Gasteiger partial charge in [0.1, 0.15) is 11.9 Å². The van der Waals surface area contributed by atoms with Crippen molar-refractivity contribution in [2.45, 2.75) is 25.5 Å². The average Bonchev–Trinajstić information content (AvgIpc) is 2.85. The van der Waals surface area contributed by atoms with Crippen molar-refractivity contribution in [2.24, 2.45) is 0 Å². The van der Waals surface area contributed by atoms with Crippen LogP contribution in [0.3, 0.4) is 0 Å². The lowest BCUT2D eigenvalue weighted by molar-refractivity contribution is 0.136. The number of aliphatic hydroxyl groups excluding tert-OH is 1. The average molecular weight is 267 g/mol. The number of furan rings is 1. The van der Waals surface area contributed by atoms with Gasteiger partial charge in [-0.3, -0.25) is 4.98 Å². The first-order valence-corrected chi connectivity index (χ1v) is 6.12. The lowest BCUT2D eigenvalue weighted by atomic mass is 10.1. The Balaban J connectivity index is 1.93. The number of hydrogen-bond acceptors (Lipinski definition) is 4. The first-order chi connectivity index (χ1) is 8.66. The van der Waals surface area contributed by atoms with Gasteiger partial charge in [-0.1, -0.05) is 11.6 Å². The van der Waals surface area contributed by atoms with Crippen LogP contribution >= 0.6 is 11.6 Å². The Morgan fingerprint density at radius 2 is 2.33 bits per heavy atom. The summed E-state index contributed by atoms with van der Waals surface area (Å²) in [6, 6.07) is 5.38. The number of nitrogens with one attached hydrogen (secondary N) is 1. The lowest BCUT2D eigenvalue weighted by Gasteiger charge is -2.18. The van der Waals surface area contributed by atoms with E-state index in [2.05, 4.69) is 10.3 Å². The number of halogens is 1. The first kappa shape index (κ1) is 12.9. The second kappa shape index (κ2) is 5.89. The maximum absolute atomic E-state index is 9.95. The molecule has 0 saturated carbocycles. The summed E-state index contributed by atoms with van der Waals surface area (Å²) in [5, 5.41) is 13.7. The fraction of sp³-hybridized carbons (Fsp3) is 0.308. The smallest absolute Gasteiger partial charge is 0.132 e. The van der Waals surface area contributed by atoms with E-state index in [-0.39, 0.29) is 6.04 Å². The Bertz CT molecular complexity index is 487. The zero-order valence-corrected chi connectivity index (χ0v) is 10.8. The molecule has 0 bridgehead atoms. The second-order valence-electron chi connectivity index (χ2n) is 4.17. The maximum atomic E-state index is 9.95. The van der Waals surface area contributed by atoms with Crippen LogP contribution in [0.1, 0.15) is 25.2 Å². The normalized spacial score (nSPS) is 14.2. The molecule has 0 saturated heterocycles. The number of anilines is 1. The van der Waals surface area contributed by atoms with Gasteiger partial charge in [-0.2, -0.15) is 0 Å². The van der Waals surface area contributed by atoms with Crippen LogP contribution in [0, 0.1) is 0 Å². The van der Waals surface area contributed by atoms with Crippen LogP contribution in [0.25, 0.3) is 0 Å². The molecule has 0 radical (unpaired) electrons. The molecule has 18 heavy (non-hydrogen) atoms. The molecule has 0 aliphatic carbocycles. The highest BCUT2D eigenvalue weighted by molar-refractivity contribution is 6.33. The Kier molecular flexibility index (Phi) is 4.23. The van der Waals surface area contributed by atoms with Crippen LogP contribution in [-0.4, -0.2) is 16.1 Å². The number of rotatable bonds is 5. The zero-order valence-electron chi connectivity index (χ0n) is 10.0. The molecule has 0 amide bonds. The highest BCUT2D eigenvalue weighted by Gasteiger charge is 2.15. The molecule has 0 spiro atoms. The fourth-order valence-electron chi connectivity index (χ4n) is 1.75. The van der Waals surface area contributed by atoms with E-state index in [0.717, 1.165) is 5.69 Å². The predicted molar refractivity (Wildman–Crippen MR) is 70.6 cm³/mol. The minimum Gasteiger partial charge on any atom is -0.467 e. The molecule has 5 heteroatoms. The molecule has 0 fully saturated rings. The Hall–Kier alpha value is -1.52. The molecule has 2 N–H and O–H groups in total. The third kappa shape index (κ3) is 3.24. The van der Waals surface area contributed by atoms with Crippen molar-refractivity contribution in [3.8, 4) is 0 Å². The minimum absolute atomic E-state index is 0.0602. The largest absolute Gasteiger partial charge is 0.467 e. The number of aromatic nitrogens is 1. The summed E-state index contributed by atoms with van der Waals surface area (Å²) in [5.41, 5.74) is 0.811. The van der Waals surface area contributed by atoms with Crippen LogP contribution in [0.4, 0.5) is 5.69 Å². The van der Waals surface area contributed by atoms with Gasteiger partial charge in [0.25, 0.3) is 0 Å². The van der Waals surface area contributed by atoms with Gasteiger partial charge in [-0.25, -0.2) is 0 Å². The summed E-state index contributed by atoms with van der Waals surface area (Å²) in [7, 11) is 0. The van der Waals surface area contributed by atoms with E-state index in [1.807, 2.05) is 6.92 Å². The summed E-state index contributed by atoms with van der Waals surface area (Å²) < 4.78 is 5.16. The van der Waals surface area contributed by atoms with Crippen molar-refractivity contribution in [1.82, 2.24) is 4.98 Å². The molecule has 4 nitrogen and oxygen atoms in total. The molecule has 2 rings (SSSR count). The monoisotopic (exact) mass is 266 g/mol. The van der Waals surface area contributed by atoms with Crippen molar-refractivity contribution < 1.29 is 9.52 Å². The lowest BCUT2D eigenvalue weighted by Crippen LogP contribution is -2.18. The van der Waals surface area contributed by atoms with Gasteiger partial charge in [0.2, 0.25) is 0 Å². The van der Waals surface area contributed by atoms with Crippen LogP contribution in [0.2, 0.25) is 5.02 Å². The second-order valence-corrected chi connectivity index (χ2v) is 4.58. The van der Waals surface area contributed by atoms with Gasteiger partial charge < -0.3 is 14.8 Å². The van der Waals surface area contributed by atoms with Crippen LogP contribution in [0.5, 0.6) is 0 Å². The molecule has 2 heterocycles. The molecule has 2 aromatic heterocycles. The van der Waals surface area contributed by atoms with Gasteiger partial charge in [0, 0.05) is 24.9 Å². The van der Waals surface area contributed by atoms with E-state index < -0.39 is 6.10 Å². The summed E-state index contributed by atoms with van der Waals surface area (Å²) in [5.74, 6) is 0.574. The number of pyridine rings is 1. The highest BCUT2D eigenvalue weighted by Crippen LogP contribution is 2.24. The number of hydrogen-bond donors (Lipinski definition) is 2. The van der Waals surface area contributed by atoms with E-state index in [1.54, 1.807) is 36.9 Å². The van der Waals surface area contributed by atoms with Gasteiger partial charge in [0.15, 0.2) is 0 Å². The van der Waals surface area contributed by atoms with Gasteiger partial charge in [-0.05, 0) is 25.1 Å². The number of nitrogens with zero attached hydrogens (tertiary/aromatic N) is 1. The molecule has 0 unspecified atom stereocenters. The molecule has 0 aromatic carbocycles. The standard InChI is InChI=1S/C13H15ClN2O2/c1-9(7-12(17)13-3-2-6-18-13)16-11-4-5-15-8-10(11)14/h2-6,8-9,12,17H,7H2,1H3,(H,15,16)/t9-,12-/m0/s1. The summed E-state index contributed by atoms with van der Waals surface area (Å²) in [6.45, 7) is 1.98. The topological polar surface area (TPSA) is 58.3 Å². The van der Waals surface area contributed by atoms with Crippen molar-refractivity contribution in [3.05, 3.63) is 47.6 Å². The predicted octanol–water partition coefficient (Wildman–Crippen LogP) is 3.25. The van der Waals surface area contributed by atoms with Crippen molar-refractivity contribution >= 4 is 17.3 Å². The molecular formula is C13H15ClN2O2. The Morgan fingerprint density at radius 3 is 3.00 bits per heavy atom. The van der Waals surface area contributed by atoms with Crippen LogP contribution in [0.15, 0.2) is 41.3 Å². The molecule has 0 aliphatic heterocycles. The van der Waals surface area contributed by atoms with E-state index in [0.29, 0.717) is 17.2 Å². The van der Waals surface area contributed by atoms with E-state index in [4.69, 9.17) is 16.0 Å². The van der Waals surface area contributed by atoms with Gasteiger partial charge >= 0.3 is 0 Å². The highest BCUT2D eigenvalue weighted by atomic mass is 35.5. The third-order valence-corrected chi connectivity index (χ3v) is 2.92.